The summed E-state index contributed by atoms with van der Waals surface area (Å²) in [6.07, 6.45) is 0. The normalized spacial score (nSPS) is 13.5. The molecule has 0 aliphatic carbocycles. The molecule has 0 atom stereocenters. The van der Waals surface area contributed by atoms with Gasteiger partial charge in [0.15, 0.2) is 6.61 Å². The van der Waals surface area contributed by atoms with Gasteiger partial charge in [-0.2, -0.15) is 0 Å². The standard InChI is InChI=1S/C30H28ClN3O3/c1-21-7-2-4-10-24(21)30(36)34-17-15-33(16-18-34)27-14-13-23(19-26(27)31)32-29(35)20-37-28-12-6-9-22-8-3-5-11-25(22)28/h2-14,19H,15-18,20H2,1H3,(H,32,35). The fourth-order valence-electron chi connectivity index (χ4n) is 4.64. The molecule has 5 rings (SSSR count). The van der Waals surface area contributed by atoms with Crippen LogP contribution in [0.25, 0.3) is 10.8 Å². The van der Waals surface area contributed by atoms with Crippen molar-refractivity contribution >= 4 is 45.6 Å². The molecule has 0 bridgehead atoms. The van der Waals surface area contributed by atoms with Crippen LogP contribution in [0.3, 0.4) is 0 Å². The van der Waals surface area contributed by atoms with E-state index in [0.717, 1.165) is 27.6 Å². The number of carbonyl (C=O) groups is 2. The van der Waals surface area contributed by atoms with E-state index >= 15 is 0 Å². The number of piperazine rings is 1. The number of halogens is 1. The van der Waals surface area contributed by atoms with Gasteiger partial charge >= 0.3 is 0 Å². The number of ether oxygens (including phenoxy) is 1. The summed E-state index contributed by atoms with van der Waals surface area (Å²) in [5, 5.41) is 5.43. The van der Waals surface area contributed by atoms with Gasteiger partial charge in [-0.25, -0.2) is 0 Å². The zero-order valence-corrected chi connectivity index (χ0v) is 21.4. The van der Waals surface area contributed by atoms with Gasteiger partial charge in [0.25, 0.3) is 11.8 Å². The molecule has 4 aromatic carbocycles. The Morgan fingerprint density at radius 2 is 1.62 bits per heavy atom. The summed E-state index contributed by atoms with van der Waals surface area (Å²) in [7, 11) is 0. The van der Waals surface area contributed by atoms with Crippen LogP contribution in [-0.4, -0.2) is 49.5 Å². The Hall–Kier alpha value is -4.03. The van der Waals surface area contributed by atoms with E-state index in [4.69, 9.17) is 16.3 Å². The van der Waals surface area contributed by atoms with E-state index in [1.54, 1.807) is 6.07 Å². The molecule has 1 aliphatic heterocycles. The Bertz CT molecular complexity index is 1440. The minimum atomic E-state index is -0.264. The summed E-state index contributed by atoms with van der Waals surface area (Å²) in [5.74, 6) is 0.467. The number of amides is 2. The summed E-state index contributed by atoms with van der Waals surface area (Å²) in [5.41, 5.74) is 3.22. The van der Waals surface area contributed by atoms with Gasteiger partial charge in [0.1, 0.15) is 5.75 Å². The Balaban J connectivity index is 1.16. The number of hydrogen-bond donors (Lipinski definition) is 1. The molecule has 1 saturated heterocycles. The molecule has 1 aliphatic rings. The molecule has 4 aromatic rings. The molecule has 2 amide bonds. The third-order valence-corrected chi connectivity index (χ3v) is 6.93. The van der Waals surface area contributed by atoms with E-state index in [9.17, 15) is 9.59 Å². The second-order valence-corrected chi connectivity index (χ2v) is 9.48. The quantitative estimate of drug-likeness (QED) is 0.355. The minimum absolute atomic E-state index is 0.0626. The lowest BCUT2D eigenvalue weighted by Gasteiger charge is -2.36. The topological polar surface area (TPSA) is 61.9 Å². The molecular formula is C30H28ClN3O3. The maximum atomic E-state index is 12.9. The number of benzene rings is 4. The van der Waals surface area contributed by atoms with Crippen molar-refractivity contribution < 1.29 is 14.3 Å². The first-order valence-electron chi connectivity index (χ1n) is 12.3. The van der Waals surface area contributed by atoms with Gasteiger partial charge in [0, 0.05) is 42.8 Å². The number of anilines is 2. The van der Waals surface area contributed by atoms with Crippen molar-refractivity contribution in [1.82, 2.24) is 4.90 Å². The van der Waals surface area contributed by atoms with Gasteiger partial charge in [-0.05, 0) is 48.2 Å². The van der Waals surface area contributed by atoms with E-state index in [2.05, 4.69) is 10.2 Å². The van der Waals surface area contributed by atoms with Crippen LogP contribution in [-0.2, 0) is 4.79 Å². The SMILES string of the molecule is Cc1ccccc1C(=O)N1CCN(c2ccc(NC(=O)COc3cccc4ccccc34)cc2Cl)CC1. The van der Waals surface area contributed by atoms with Crippen LogP contribution in [0, 0.1) is 6.92 Å². The summed E-state index contributed by atoms with van der Waals surface area (Å²) in [4.78, 5) is 29.5. The summed E-state index contributed by atoms with van der Waals surface area (Å²) in [6.45, 7) is 4.45. The zero-order valence-electron chi connectivity index (χ0n) is 20.6. The predicted molar refractivity (Wildman–Crippen MR) is 149 cm³/mol. The molecule has 37 heavy (non-hydrogen) atoms. The average Bonchev–Trinajstić information content (AvgIpc) is 2.92. The molecule has 0 aromatic heterocycles. The van der Waals surface area contributed by atoms with Crippen LogP contribution in [0.15, 0.2) is 84.9 Å². The van der Waals surface area contributed by atoms with Crippen molar-refractivity contribution in [3.8, 4) is 5.75 Å². The molecule has 1 fully saturated rings. The lowest BCUT2D eigenvalue weighted by molar-refractivity contribution is -0.118. The van der Waals surface area contributed by atoms with E-state index in [1.165, 1.54) is 0 Å². The van der Waals surface area contributed by atoms with E-state index < -0.39 is 0 Å². The monoisotopic (exact) mass is 513 g/mol. The summed E-state index contributed by atoms with van der Waals surface area (Å²) in [6, 6.07) is 26.8. The van der Waals surface area contributed by atoms with E-state index in [0.29, 0.717) is 42.6 Å². The van der Waals surface area contributed by atoms with Crippen molar-refractivity contribution in [3.05, 3.63) is 101 Å². The lowest BCUT2D eigenvalue weighted by atomic mass is 10.1. The zero-order chi connectivity index (χ0) is 25.8. The van der Waals surface area contributed by atoms with Crippen molar-refractivity contribution in [3.63, 3.8) is 0 Å². The highest BCUT2D eigenvalue weighted by atomic mass is 35.5. The molecular weight excluding hydrogens is 486 g/mol. The number of rotatable bonds is 6. The van der Waals surface area contributed by atoms with Crippen LogP contribution < -0.4 is 15.0 Å². The Morgan fingerprint density at radius 3 is 2.41 bits per heavy atom. The van der Waals surface area contributed by atoms with Crippen molar-refractivity contribution in [2.45, 2.75) is 6.92 Å². The molecule has 6 nitrogen and oxygen atoms in total. The third kappa shape index (κ3) is 5.54. The second kappa shape index (κ2) is 10.9. The van der Waals surface area contributed by atoms with Crippen molar-refractivity contribution in [2.24, 2.45) is 0 Å². The number of fused-ring (bicyclic) bond motifs is 1. The number of carbonyl (C=O) groups excluding carboxylic acids is 2. The average molecular weight is 514 g/mol. The van der Waals surface area contributed by atoms with Gasteiger partial charge in [0.05, 0.1) is 10.7 Å². The van der Waals surface area contributed by atoms with Gasteiger partial charge in [-0.15, -0.1) is 0 Å². The highest BCUT2D eigenvalue weighted by Gasteiger charge is 2.24. The van der Waals surface area contributed by atoms with Crippen molar-refractivity contribution in [1.29, 1.82) is 0 Å². The summed E-state index contributed by atoms with van der Waals surface area (Å²) >= 11 is 6.60. The largest absolute Gasteiger partial charge is 0.483 e. The Morgan fingerprint density at radius 1 is 0.892 bits per heavy atom. The lowest BCUT2D eigenvalue weighted by Crippen LogP contribution is -2.49. The molecule has 0 radical (unpaired) electrons. The first-order chi connectivity index (χ1) is 18.0. The van der Waals surface area contributed by atoms with Crippen LogP contribution >= 0.6 is 11.6 Å². The van der Waals surface area contributed by atoms with Gasteiger partial charge < -0.3 is 19.9 Å². The number of nitrogens with one attached hydrogen (secondary N) is 1. The molecule has 0 saturated carbocycles. The fourth-order valence-corrected chi connectivity index (χ4v) is 4.94. The number of hydrogen-bond acceptors (Lipinski definition) is 4. The van der Waals surface area contributed by atoms with E-state index in [1.807, 2.05) is 90.7 Å². The molecule has 188 valence electrons. The predicted octanol–water partition coefficient (Wildman–Crippen LogP) is 5.78. The molecule has 1 N–H and O–H groups in total. The molecule has 0 spiro atoms. The minimum Gasteiger partial charge on any atom is -0.483 e. The Kier molecular flexibility index (Phi) is 7.28. The number of nitrogens with zero attached hydrogens (tertiary/aromatic N) is 2. The maximum absolute atomic E-state index is 12.9. The van der Waals surface area contributed by atoms with Gasteiger partial charge in [-0.1, -0.05) is 66.2 Å². The molecule has 7 heteroatoms. The first kappa shape index (κ1) is 24.7. The Labute approximate surface area is 221 Å². The first-order valence-corrected chi connectivity index (χ1v) is 12.7. The number of aryl methyl sites for hydroxylation is 1. The van der Waals surface area contributed by atoms with Crippen LogP contribution in [0.4, 0.5) is 11.4 Å². The van der Waals surface area contributed by atoms with Crippen LogP contribution in [0.5, 0.6) is 5.75 Å². The van der Waals surface area contributed by atoms with Gasteiger partial charge in [0.2, 0.25) is 0 Å². The smallest absolute Gasteiger partial charge is 0.262 e. The summed E-state index contributed by atoms with van der Waals surface area (Å²) < 4.78 is 5.79. The molecule has 1 heterocycles. The van der Waals surface area contributed by atoms with E-state index in [-0.39, 0.29) is 18.4 Å². The van der Waals surface area contributed by atoms with Gasteiger partial charge in [-0.3, -0.25) is 9.59 Å². The second-order valence-electron chi connectivity index (χ2n) is 9.07. The highest BCUT2D eigenvalue weighted by molar-refractivity contribution is 6.33. The molecule has 0 unspecified atom stereocenters. The van der Waals surface area contributed by atoms with Crippen LogP contribution in [0.1, 0.15) is 15.9 Å². The highest BCUT2D eigenvalue weighted by Crippen LogP contribution is 2.30. The fraction of sp³-hybridized carbons (Fsp3) is 0.200. The van der Waals surface area contributed by atoms with Crippen molar-refractivity contribution in [2.75, 3.05) is 43.0 Å². The third-order valence-electron chi connectivity index (χ3n) is 6.62. The van der Waals surface area contributed by atoms with Crippen LogP contribution in [0.2, 0.25) is 5.02 Å². The maximum Gasteiger partial charge on any atom is 0.262 e.